The van der Waals surface area contributed by atoms with Crippen LogP contribution >= 0.6 is 0 Å². The van der Waals surface area contributed by atoms with E-state index in [-0.39, 0.29) is 43.2 Å². The number of carbonyl (C=O) groups excluding carboxylic acids is 2. The van der Waals surface area contributed by atoms with E-state index in [1.54, 1.807) is 42.3 Å². The van der Waals surface area contributed by atoms with Crippen LogP contribution in [0.4, 0.5) is 16.2 Å². The Hall–Kier alpha value is -4.17. The van der Waals surface area contributed by atoms with Gasteiger partial charge in [-0.2, -0.15) is 0 Å². The van der Waals surface area contributed by atoms with Crippen LogP contribution in [0, 0.1) is 5.92 Å². The molecule has 0 saturated carbocycles. The van der Waals surface area contributed by atoms with Crippen molar-refractivity contribution in [2.75, 3.05) is 57.4 Å². The molecule has 0 aromatic heterocycles. The highest BCUT2D eigenvalue weighted by Crippen LogP contribution is 2.29. The van der Waals surface area contributed by atoms with Gasteiger partial charge in [-0.05, 0) is 81.1 Å². The number of urea groups is 1. The van der Waals surface area contributed by atoms with E-state index >= 15 is 0 Å². The number of anilines is 2. The van der Waals surface area contributed by atoms with E-state index in [2.05, 4.69) is 10.6 Å². The molecule has 2 N–H and O–H groups in total. The summed E-state index contributed by atoms with van der Waals surface area (Å²) in [5, 5.41) is 5.64. The highest BCUT2D eigenvalue weighted by molar-refractivity contribution is 7.88. The third-order valence-electron chi connectivity index (χ3n) is 8.87. The van der Waals surface area contributed by atoms with Crippen LogP contribution in [0.2, 0.25) is 0 Å². The fourth-order valence-electron chi connectivity index (χ4n) is 5.73. The number of sulfonamides is 1. The molecule has 0 bridgehead atoms. The largest absolute Gasteiger partial charge is 0.497 e. The molecule has 1 aliphatic rings. The minimum Gasteiger partial charge on any atom is -0.497 e. The van der Waals surface area contributed by atoms with Crippen LogP contribution in [0.25, 0.3) is 0 Å². The summed E-state index contributed by atoms with van der Waals surface area (Å²) < 4.78 is 50.1. The zero-order chi connectivity index (χ0) is 37.0. The van der Waals surface area contributed by atoms with Gasteiger partial charge in [-0.1, -0.05) is 37.3 Å². The van der Waals surface area contributed by atoms with E-state index in [1.807, 2.05) is 63.2 Å². The maximum Gasteiger partial charge on any atom is 0.323 e. The first-order valence-corrected chi connectivity index (χ1v) is 19.2. The number of rotatable bonds is 11. The molecule has 1 aliphatic heterocycles. The summed E-state index contributed by atoms with van der Waals surface area (Å²) in [6, 6.07) is 20.9. The van der Waals surface area contributed by atoms with Crippen LogP contribution in [0.3, 0.4) is 0 Å². The average molecular weight is 725 g/mol. The van der Waals surface area contributed by atoms with Crippen LogP contribution in [0.1, 0.15) is 56.0 Å². The molecular weight excluding hydrogens is 673 g/mol. The van der Waals surface area contributed by atoms with Crippen LogP contribution in [-0.4, -0.2) is 94.5 Å². The highest BCUT2D eigenvalue weighted by Gasteiger charge is 2.31. The number of fused-ring (bicyclic) bond motifs is 1. The van der Waals surface area contributed by atoms with Gasteiger partial charge < -0.3 is 34.5 Å². The number of likely N-dealkylation sites (N-methyl/N-ethyl adjacent to an activating group) is 1. The molecule has 1 heterocycles. The molecule has 0 unspecified atom stereocenters. The second-order valence-electron chi connectivity index (χ2n) is 13.2. The van der Waals surface area contributed by atoms with Crippen molar-refractivity contribution in [2.24, 2.45) is 5.92 Å². The SMILES string of the molecule is COc1ccc(COC[C@H](C)N2C[C@@H](C)[C@H](CN(C)S(C)(=O)=O)OCCCC[C@H](C)Oc3ccc(NC(=O)Nc4ccccc4)cc3C2=O)cc1. The Bertz CT molecular complexity index is 1670. The molecule has 4 rings (SSSR count). The van der Waals surface area contributed by atoms with Gasteiger partial charge in [-0.25, -0.2) is 17.5 Å². The van der Waals surface area contributed by atoms with Crippen molar-refractivity contribution in [2.45, 2.75) is 64.9 Å². The van der Waals surface area contributed by atoms with Crippen molar-refractivity contribution in [1.29, 1.82) is 0 Å². The Morgan fingerprint density at radius 2 is 1.73 bits per heavy atom. The summed E-state index contributed by atoms with van der Waals surface area (Å²) >= 11 is 0. The predicted molar refractivity (Wildman–Crippen MR) is 199 cm³/mol. The maximum atomic E-state index is 14.7. The second kappa shape index (κ2) is 18.9. The highest BCUT2D eigenvalue weighted by atomic mass is 32.2. The number of hydrogen-bond donors (Lipinski definition) is 2. The molecule has 51 heavy (non-hydrogen) atoms. The molecule has 3 aromatic rings. The number of carbonyl (C=O) groups is 2. The van der Waals surface area contributed by atoms with Crippen molar-refractivity contribution in [3.63, 3.8) is 0 Å². The summed E-state index contributed by atoms with van der Waals surface area (Å²) in [6.45, 7) is 7.23. The molecule has 12 nitrogen and oxygen atoms in total. The maximum absolute atomic E-state index is 14.7. The van der Waals surface area contributed by atoms with E-state index in [4.69, 9.17) is 18.9 Å². The van der Waals surface area contributed by atoms with Crippen molar-refractivity contribution in [1.82, 2.24) is 9.21 Å². The van der Waals surface area contributed by atoms with E-state index < -0.39 is 28.2 Å². The van der Waals surface area contributed by atoms with Crippen molar-refractivity contribution in [3.8, 4) is 11.5 Å². The van der Waals surface area contributed by atoms with Gasteiger partial charge in [0.1, 0.15) is 11.5 Å². The van der Waals surface area contributed by atoms with Crippen LogP contribution < -0.4 is 20.1 Å². The zero-order valence-corrected chi connectivity index (χ0v) is 31.3. The van der Waals surface area contributed by atoms with Crippen molar-refractivity contribution < 1.29 is 37.0 Å². The topological polar surface area (TPSA) is 136 Å². The molecule has 278 valence electrons. The molecular formula is C38H52N4O8S. The van der Waals surface area contributed by atoms with Crippen molar-refractivity contribution in [3.05, 3.63) is 83.9 Å². The van der Waals surface area contributed by atoms with E-state index in [0.717, 1.165) is 30.6 Å². The lowest BCUT2D eigenvalue weighted by atomic mass is 10.0. The molecule has 0 radical (unpaired) electrons. The number of benzene rings is 3. The number of amides is 3. The Morgan fingerprint density at radius 1 is 1.02 bits per heavy atom. The van der Waals surface area contributed by atoms with E-state index in [0.29, 0.717) is 30.3 Å². The monoisotopic (exact) mass is 724 g/mol. The minimum absolute atomic E-state index is 0.144. The number of methoxy groups -OCH3 is 1. The van der Waals surface area contributed by atoms with E-state index in [9.17, 15) is 18.0 Å². The summed E-state index contributed by atoms with van der Waals surface area (Å²) in [5.41, 5.74) is 2.29. The lowest BCUT2D eigenvalue weighted by Gasteiger charge is -2.36. The normalized spacial score (nSPS) is 19.7. The number of para-hydroxylation sites is 1. The zero-order valence-electron chi connectivity index (χ0n) is 30.5. The summed E-state index contributed by atoms with van der Waals surface area (Å²) in [7, 11) is -0.315. The number of ether oxygens (including phenoxy) is 4. The van der Waals surface area contributed by atoms with Gasteiger partial charge in [0, 0.05) is 44.0 Å². The average Bonchev–Trinajstić information content (AvgIpc) is 3.10. The summed E-state index contributed by atoms with van der Waals surface area (Å²) in [4.78, 5) is 29.4. The third kappa shape index (κ3) is 12.2. The van der Waals surface area contributed by atoms with Gasteiger partial charge in [-0.3, -0.25) is 4.79 Å². The molecule has 3 amide bonds. The molecule has 3 aromatic carbocycles. The number of hydrogen-bond acceptors (Lipinski definition) is 8. The lowest BCUT2D eigenvalue weighted by Crippen LogP contribution is -2.48. The standard InChI is InChI=1S/C38H52N4O8S/c1-27-23-42(28(2)25-48-26-30-15-18-33(47-5)19-16-30)37(43)34-22-32(40-38(44)39-31-13-8-7-9-14-31)17-20-35(34)50-29(3)12-10-11-21-49-36(27)24-41(4)51(6,45)46/h7-9,13-20,22,27-29,36H,10-12,21,23-26H2,1-6H3,(H2,39,40,44)/t27-,28+,29+,36+/m1/s1. The van der Waals surface area contributed by atoms with Gasteiger partial charge in [0.25, 0.3) is 5.91 Å². The Labute approximate surface area is 302 Å². The Balaban J connectivity index is 1.65. The number of nitrogens with zero attached hydrogens (tertiary/aromatic N) is 2. The fraction of sp³-hybridized carbons (Fsp3) is 0.474. The molecule has 0 aliphatic carbocycles. The first-order valence-electron chi connectivity index (χ1n) is 17.3. The first kappa shape index (κ1) is 39.6. The summed E-state index contributed by atoms with van der Waals surface area (Å²) in [5.74, 6) is 0.583. The van der Waals surface area contributed by atoms with Gasteiger partial charge >= 0.3 is 6.03 Å². The van der Waals surface area contributed by atoms with Gasteiger partial charge in [0.15, 0.2) is 0 Å². The van der Waals surface area contributed by atoms with Gasteiger partial charge in [0.05, 0.1) is 50.4 Å². The minimum atomic E-state index is -3.46. The smallest absolute Gasteiger partial charge is 0.323 e. The van der Waals surface area contributed by atoms with Crippen LogP contribution in [-0.2, 0) is 26.1 Å². The van der Waals surface area contributed by atoms with Gasteiger partial charge in [0.2, 0.25) is 10.0 Å². The number of nitrogens with one attached hydrogen (secondary N) is 2. The van der Waals surface area contributed by atoms with Crippen LogP contribution in [0.15, 0.2) is 72.8 Å². The molecule has 0 spiro atoms. The van der Waals surface area contributed by atoms with Crippen LogP contribution in [0.5, 0.6) is 11.5 Å². The molecule has 0 fully saturated rings. The molecule has 0 saturated heterocycles. The summed E-state index contributed by atoms with van der Waals surface area (Å²) in [6.07, 6.45) is 2.80. The first-order chi connectivity index (χ1) is 24.3. The van der Waals surface area contributed by atoms with E-state index in [1.165, 1.54) is 17.6 Å². The lowest BCUT2D eigenvalue weighted by molar-refractivity contribution is -0.0120. The predicted octanol–water partition coefficient (Wildman–Crippen LogP) is 6.25. The molecule has 4 atom stereocenters. The fourth-order valence-corrected chi connectivity index (χ4v) is 6.14. The second-order valence-corrected chi connectivity index (χ2v) is 15.3. The van der Waals surface area contributed by atoms with Gasteiger partial charge in [-0.15, -0.1) is 0 Å². The quantitative estimate of drug-likeness (QED) is 0.237. The Kier molecular flexibility index (Phi) is 14.7. The third-order valence-corrected chi connectivity index (χ3v) is 10.1. The Morgan fingerprint density at radius 3 is 2.41 bits per heavy atom. The molecule has 13 heteroatoms. The van der Waals surface area contributed by atoms with Crippen molar-refractivity contribution >= 4 is 33.3 Å².